The molecule has 0 aliphatic heterocycles. The maximum absolute atomic E-state index is 13.6. The number of nitrogens with one attached hydrogen (secondary N) is 2. The first kappa shape index (κ1) is 28.4. The van der Waals surface area contributed by atoms with E-state index in [2.05, 4.69) is 15.6 Å². The van der Waals surface area contributed by atoms with Crippen LogP contribution in [0.25, 0.3) is 0 Å². The van der Waals surface area contributed by atoms with Crippen molar-refractivity contribution in [2.45, 2.75) is 25.4 Å². The number of benzene rings is 1. The molecule has 13 heteroatoms. The van der Waals surface area contributed by atoms with E-state index in [4.69, 9.17) is 0 Å². The molecule has 0 fully saturated rings. The second kappa shape index (κ2) is 12.3. The topological polar surface area (TPSA) is 90.9 Å². The molecule has 0 spiro atoms. The van der Waals surface area contributed by atoms with E-state index in [9.17, 15) is 30.8 Å². The van der Waals surface area contributed by atoms with Gasteiger partial charge in [0.25, 0.3) is 0 Å². The van der Waals surface area contributed by atoms with Gasteiger partial charge in [0.15, 0.2) is 15.8 Å². The lowest BCUT2D eigenvalue weighted by atomic mass is 10.1. The molecule has 1 aromatic rings. The molecule has 30 heavy (non-hydrogen) atoms. The second-order valence-corrected chi connectivity index (χ2v) is 8.54. The molecule has 0 saturated heterocycles. The Labute approximate surface area is 190 Å². The van der Waals surface area contributed by atoms with Gasteiger partial charge in [0.05, 0.1) is 18.8 Å². The summed E-state index contributed by atoms with van der Waals surface area (Å²) < 4.78 is 73.7. The summed E-state index contributed by atoms with van der Waals surface area (Å²) in [6.07, 6.45) is -3.45. The number of carbonyl (C=O) groups excluding carboxylic acids is 1. The maximum atomic E-state index is 13.6. The van der Waals surface area contributed by atoms with Gasteiger partial charge in [-0.2, -0.15) is 13.2 Å². The van der Waals surface area contributed by atoms with Crippen molar-refractivity contribution in [1.82, 2.24) is 15.5 Å². The van der Waals surface area contributed by atoms with Crippen molar-refractivity contribution >= 4 is 45.7 Å². The van der Waals surface area contributed by atoms with E-state index in [-0.39, 0.29) is 42.2 Å². The lowest BCUT2D eigenvalue weighted by molar-refractivity contribution is -0.157. The van der Waals surface area contributed by atoms with Crippen LogP contribution in [-0.4, -0.2) is 64.3 Å². The van der Waals surface area contributed by atoms with E-state index in [0.717, 1.165) is 25.4 Å². The van der Waals surface area contributed by atoms with Crippen LogP contribution >= 0.6 is 24.0 Å². The molecule has 0 bridgehead atoms. The van der Waals surface area contributed by atoms with Crippen LogP contribution in [0.2, 0.25) is 0 Å². The van der Waals surface area contributed by atoms with E-state index in [1.165, 1.54) is 6.07 Å². The number of aliphatic imine (C=N–C) groups is 1. The average molecular weight is 568 g/mol. The highest BCUT2D eigenvalue weighted by Gasteiger charge is 2.31. The number of guanidine groups is 1. The van der Waals surface area contributed by atoms with Crippen molar-refractivity contribution < 1.29 is 30.8 Å². The summed E-state index contributed by atoms with van der Waals surface area (Å²) in [6.45, 7) is 0.242. The van der Waals surface area contributed by atoms with Crippen LogP contribution in [0, 0.1) is 5.82 Å². The number of sulfone groups is 1. The average Bonchev–Trinajstić information content (AvgIpc) is 2.56. The molecule has 1 aromatic carbocycles. The third-order valence-electron chi connectivity index (χ3n) is 3.59. The predicted octanol–water partition coefficient (Wildman–Crippen LogP) is 2.06. The van der Waals surface area contributed by atoms with Crippen LogP contribution in [-0.2, 0) is 26.9 Å². The minimum absolute atomic E-state index is 0. The monoisotopic (exact) mass is 568 g/mol. The summed E-state index contributed by atoms with van der Waals surface area (Å²) in [4.78, 5) is 16.5. The minimum atomic E-state index is -4.50. The van der Waals surface area contributed by atoms with Crippen LogP contribution in [0.15, 0.2) is 23.2 Å². The fraction of sp³-hybridized carbons (Fsp3) is 0.529. The molecule has 0 saturated carbocycles. The smallest absolute Gasteiger partial charge is 0.357 e. The first-order chi connectivity index (χ1) is 13.3. The van der Waals surface area contributed by atoms with Gasteiger partial charge in [-0.05, 0) is 30.2 Å². The standard InChI is InChI=1S/C17H24F4N4O3S.HI/c1-4-22-16(24-9-15(26)25(2)11-17(19,20)21)23-8-13-7-14(18)6-5-12(13)10-29(3,27)28;/h5-7H,4,8-11H2,1-3H3,(H2,22,23,24);1H. The molecular formula is C17H25F4IN4O3S. The molecular weight excluding hydrogens is 543 g/mol. The molecule has 172 valence electrons. The van der Waals surface area contributed by atoms with Crippen molar-refractivity contribution in [3.05, 3.63) is 35.1 Å². The molecule has 1 rings (SSSR count). The first-order valence-corrected chi connectivity index (χ1v) is 10.6. The number of rotatable bonds is 8. The fourth-order valence-electron chi connectivity index (χ4n) is 2.32. The molecule has 0 aliphatic rings. The van der Waals surface area contributed by atoms with Gasteiger partial charge in [-0.15, -0.1) is 24.0 Å². The van der Waals surface area contributed by atoms with E-state index in [1.807, 2.05) is 0 Å². The molecule has 7 nitrogen and oxygen atoms in total. The zero-order valence-corrected chi connectivity index (χ0v) is 19.9. The summed E-state index contributed by atoms with van der Waals surface area (Å²) in [7, 11) is -2.32. The fourth-order valence-corrected chi connectivity index (χ4v) is 3.17. The summed E-state index contributed by atoms with van der Waals surface area (Å²) >= 11 is 0. The van der Waals surface area contributed by atoms with Crippen LogP contribution in [0.1, 0.15) is 18.1 Å². The van der Waals surface area contributed by atoms with Gasteiger partial charge >= 0.3 is 6.18 Å². The lowest BCUT2D eigenvalue weighted by Crippen LogP contribution is -2.45. The van der Waals surface area contributed by atoms with Crippen LogP contribution in [0.5, 0.6) is 0 Å². The highest BCUT2D eigenvalue weighted by molar-refractivity contribution is 14.0. The maximum Gasteiger partial charge on any atom is 0.406 e. The van der Waals surface area contributed by atoms with Gasteiger partial charge in [0.1, 0.15) is 12.4 Å². The Balaban J connectivity index is 0.00000841. The number of alkyl halides is 3. The third-order valence-corrected chi connectivity index (χ3v) is 4.42. The van der Waals surface area contributed by atoms with Crippen LogP contribution < -0.4 is 10.6 Å². The molecule has 0 unspecified atom stereocenters. The molecule has 0 aliphatic carbocycles. The number of nitrogens with zero attached hydrogens (tertiary/aromatic N) is 2. The minimum Gasteiger partial charge on any atom is -0.357 e. The number of carbonyl (C=O) groups is 1. The molecule has 0 heterocycles. The molecule has 0 radical (unpaired) electrons. The molecule has 0 atom stereocenters. The van der Waals surface area contributed by atoms with E-state index in [1.54, 1.807) is 6.92 Å². The normalized spacial score (nSPS) is 12.2. The zero-order chi connectivity index (χ0) is 22.2. The van der Waals surface area contributed by atoms with Crippen molar-refractivity contribution in [1.29, 1.82) is 0 Å². The van der Waals surface area contributed by atoms with Gasteiger partial charge in [0, 0.05) is 19.8 Å². The Morgan fingerprint density at radius 1 is 1.20 bits per heavy atom. The van der Waals surface area contributed by atoms with Gasteiger partial charge in [-0.25, -0.2) is 17.8 Å². The van der Waals surface area contributed by atoms with Gasteiger partial charge < -0.3 is 15.5 Å². The lowest BCUT2D eigenvalue weighted by Gasteiger charge is -2.20. The number of halogens is 5. The van der Waals surface area contributed by atoms with Crippen LogP contribution in [0.4, 0.5) is 17.6 Å². The van der Waals surface area contributed by atoms with Crippen molar-refractivity contribution in [3.63, 3.8) is 0 Å². The third kappa shape index (κ3) is 11.5. The van der Waals surface area contributed by atoms with Gasteiger partial charge in [-0.1, -0.05) is 6.07 Å². The van der Waals surface area contributed by atoms with E-state index >= 15 is 0 Å². The number of hydrogen-bond donors (Lipinski definition) is 2. The largest absolute Gasteiger partial charge is 0.406 e. The Kier molecular flexibility index (Phi) is 11.6. The Morgan fingerprint density at radius 2 is 1.83 bits per heavy atom. The van der Waals surface area contributed by atoms with Crippen LogP contribution in [0.3, 0.4) is 0 Å². The zero-order valence-electron chi connectivity index (χ0n) is 16.7. The number of likely N-dealkylation sites (N-methyl/N-ethyl adjacent to an activating group) is 1. The number of hydrogen-bond acceptors (Lipinski definition) is 4. The summed E-state index contributed by atoms with van der Waals surface area (Å²) in [5, 5.41) is 5.42. The highest BCUT2D eigenvalue weighted by atomic mass is 127. The molecule has 2 N–H and O–H groups in total. The summed E-state index contributed by atoms with van der Waals surface area (Å²) in [5.41, 5.74) is 0.725. The Bertz CT molecular complexity index is 848. The quantitative estimate of drug-likeness (QED) is 0.217. The number of amides is 1. The Morgan fingerprint density at radius 3 is 2.37 bits per heavy atom. The highest BCUT2D eigenvalue weighted by Crippen LogP contribution is 2.16. The molecule has 0 aromatic heterocycles. The second-order valence-electron chi connectivity index (χ2n) is 6.40. The Hall–Kier alpha value is -1.64. The van der Waals surface area contributed by atoms with Crippen molar-refractivity contribution in [3.8, 4) is 0 Å². The van der Waals surface area contributed by atoms with Crippen molar-refractivity contribution in [2.75, 3.05) is 32.9 Å². The molecule has 1 amide bonds. The summed E-state index contributed by atoms with van der Waals surface area (Å²) in [5.74, 6) is -1.52. The predicted molar refractivity (Wildman–Crippen MR) is 117 cm³/mol. The van der Waals surface area contributed by atoms with E-state index in [0.29, 0.717) is 22.6 Å². The van der Waals surface area contributed by atoms with Gasteiger partial charge in [0.2, 0.25) is 5.91 Å². The van der Waals surface area contributed by atoms with Gasteiger partial charge in [-0.3, -0.25) is 4.79 Å². The SMILES string of the molecule is CCNC(=NCc1cc(F)ccc1CS(C)(=O)=O)NCC(=O)N(C)CC(F)(F)F.I. The summed E-state index contributed by atoms with van der Waals surface area (Å²) in [6, 6.07) is 3.67. The van der Waals surface area contributed by atoms with Crippen molar-refractivity contribution in [2.24, 2.45) is 4.99 Å². The first-order valence-electron chi connectivity index (χ1n) is 8.58. The van der Waals surface area contributed by atoms with E-state index < -0.39 is 40.8 Å².